The van der Waals surface area contributed by atoms with E-state index in [1.807, 2.05) is 43.1 Å². The summed E-state index contributed by atoms with van der Waals surface area (Å²) in [5.74, 6) is 1.04. The third-order valence-electron chi connectivity index (χ3n) is 4.31. The Morgan fingerprint density at radius 1 is 1.25 bits per heavy atom. The molecule has 0 saturated carbocycles. The van der Waals surface area contributed by atoms with Crippen molar-refractivity contribution >= 4 is 17.5 Å². The zero-order valence-corrected chi connectivity index (χ0v) is 14.4. The van der Waals surface area contributed by atoms with Crippen LogP contribution in [0.25, 0.3) is 0 Å². The lowest BCUT2D eigenvalue weighted by Gasteiger charge is -2.31. The molecule has 1 aliphatic heterocycles. The lowest BCUT2D eigenvalue weighted by Crippen LogP contribution is -2.37. The summed E-state index contributed by atoms with van der Waals surface area (Å²) in [7, 11) is 0. The zero-order chi connectivity index (χ0) is 17.1. The van der Waals surface area contributed by atoms with Gasteiger partial charge in [0, 0.05) is 43.0 Å². The van der Waals surface area contributed by atoms with Crippen LogP contribution in [0, 0.1) is 13.8 Å². The number of nitrogens with one attached hydrogen (secondary N) is 1. The van der Waals surface area contributed by atoms with Gasteiger partial charge in [-0.25, -0.2) is 9.97 Å². The van der Waals surface area contributed by atoms with Crippen LogP contribution < -0.4 is 5.32 Å². The predicted octanol–water partition coefficient (Wildman–Crippen LogP) is 2.96. The summed E-state index contributed by atoms with van der Waals surface area (Å²) < 4.78 is 0. The molecule has 0 radical (unpaired) electrons. The number of carbonyl (C=O) groups is 1. The topological polar surface area (TPSA) is 71.0 Å². The number of pyridine rings is 1. The maximum atomic E-state index is 11.6. The third-order valence-corrected chi connectivity index (χ3v) is 4.31. The van der Waals surface area contributed by atoms with Crippen LogP contribution >= 0.6 is 0 Å². The van der Waals surface area contributed by atoms with Crippen LogP contribution in [0.4, 0.5) is 11.6 Å². The molecule has 1 saturated heterocycles. The highest BCUT2D eigenvalue weighted by Crippen LogP contribution is 2.26. The summed E-state index contributed by atoms with van der Waals surface area (Å²) in [5, 5.41) is 3.19. The molecule has 0 spiro atoms. The summed E-state index contributed by atoms with van der Waals surface area (Å²) in [5.41, 5.74) is 3.76. The normalized spacial score (nSPS) is 17.6. The van der Waals surface area contributed by atoms with Crippen LogP contribution in [0.1, 0.15) is 42.8 Å². The summed E-state index contributed by atoms with van der Waals surface area (Å²) in [6.07, 6.45) is 3.91. The average Bonchev–Trinajstić information content (AvgIpc) is 2.54. The van der Waals surface area contributed by atoms with Crippen molar-refractivity contribution in [2.45, 2.75) is 39.5 Å². The van der Waals surface area contributed by atoms with Gasteiger partial charge >= 0.3 is 0 Å². The van der Waals surface area contributed by atoms with Gasteiger partial charge in [-0.2, -0.15) is 0 Å². The molecular formula is C18H23N5O. The van der Waals surface area contributed by atoms with E-state index in [1.165, 1.54) is 0 Å². The fourth-order valence-electron chi connectivity index (χ4n) is 3.14. The van der Waals surface area contributed by atoms with Crippen LogP contribution in [0.15, 0.2) is 24.4 Å². The smallest absolute Gasteiger partial charge is 0.227 e. The fraction of sp³-hybridized carbons (Fsp3) is 0.444. The number of piperidine rings is 1. The molecule has 0 unspecified atom stereocenters. The van der Waals surface area contributed by atoms with E-state index in [4.69, 9.17) is 0 Å². The molecule has 0 aliphatic carbocycles. The summed E-state index contributed by atoms with van der Waals surface area (Å²) in [4.78, 5) is 26.8. The first kappa shape index (κ1) is 16.4. The lowest BCUT2D eigenvalue weighted by atomic mass is 9.94. The van der Waals surface area contributed by atoms with Crippen molar-refractivity contribution in [3.63, 3.8) is 0 Å². The Bertz CT molecular complexity index is 708. The number of aryl methyl sites for hydroxylation is 2. The quantitative estimate of drug-likeness (QED) is 0.939. The van der Waals surface area contributed by atoms with E-state index >= 15 is 0 Å². The fourth-order valence-corrected chi connectivity index (χ4v) is 3.14. The molecule has 24 heavy (non-hydrogen) atoms. The first-order valence-corrected chi connectivity index (χ1v) is 8.32. The summed E-state index contributed by atoms with van der Waals surface area (Å²) in [6.45, 7) is 7.15. The second kappa shape index (κ2) is 6.95. The van der Waals surface area contributed by atoms with Crippen LogP contribution in [0.5, 0.6) is 0 Å². The van der Waals surface area contributed by atoms with Gasteiger partial charge in [0.25, 0.3) is 0 Å². The summed E-state index contributed by atoms with van der Waals surface area (Å²) >= 11 is 0. The average molecular weight is 325 g/mol. The van der Waals surface area contributed by atoms with E-state index in [9.17, 15) is 4.79 Å². The van der Waals surface area contributed by atoms with Gasteiger partial charge < -0.3 is 10.2 Å². The Morgan fingerprint density at radius 3 is 2.62 bits per heavy atom. The van der Waals surface area contributed by atoms with E-state index in [0.717, 1.165) is 48.7 Å². The number of carbonyl (C=O) groups excluding carboxylic acids is 1. The molecule has 2 aromatic heterocycles. The number of nitrogens with zero attached hydrogens (tertiary/aromatic N) is 4. The molecule has 1 aliphatic rings. The molecule has 2 aromatic rings. The van der Waals surface area contributed by atoms with Crippen LogP contribution in [0.3, 0.4) is 0 Å². The zero-order valence-electron chi connectivity index (χ0n) is 14.4. The maximum absolute atomic E-state index is 11.6. The molecule has 0 aromatic carbocycles. The Labute approximate surface area is 142 Å². The SMILES string of the molecule is CC(=O)N1CCC[C@@H](c2ccc(Nc3nc(C)cc(C)n3)cn2)C1. The second-order valence-corrected chi connectivity index (χ2v) is 6.38. The molecule has 6 nitrogen and oxygen atoms in total. The highest BCUT2D eigenvalue weighted by atomic mass is 16.2. The Kier molecular flexibility index (Phi) is 4.74. The Morgan fingerprint density at radius 2 is 2.00 bits per heavy atom. The van der Waals surface area contributed by atoms with Crippen LogP contribution in [-0.4, -0.2) is 38.8 Å². The molecule has 1 atom stereocenters. The standard InChI is InChI=1S/C18H23N5O/c1-12-9-13(2)21-18(20-12)22-16-6-7-17(19-10-16)15-5-4-8-23(11-15)14(3)24/h6-7,9-10,15H,4-5,8,11H2,1-3H3,(H,20,21,22)/t15-/m1/s1. The number of likely N-dealkylation sites (tertiary alicyclic amines) is 1. The van der Waals surface area contributed by atoms with Crippen molar-refractivity contribution in [2.75, 3.05) is 18.4 Å². The van der Waals surface area contributed by atoms with Gasteiger partial charge in [-0.1, -0.05) is 0 Å². The first-order chi connectivity index (χ1) is 11.5. The molecule has 1 N–H and O–H groups in total. The maximum Gasteiger partial charge on any atom is 0.227 e. The van der Waals surface area contributed by atoms with Gasteiger partial charge in [-0.05, 0) is 44.9 Å². The van der Waals surface area contributed by atoms with Crippen molar-refractivity contribution in [1.29, 1.82) is 0 Å². The second-order valence-electron chi connectivity index (χ2n) is 6.38. The predicted molar refractivity (Wildman–Crippen MR) is 93.3 cm³/mol. The minimum atomic E-state index is 0.143. The van der Waals surface area contributed by atoms with E-state index in [0.29, 0.717) is 11.9 Å². The molecule has 3 heterocycles. The van der Waals surface area contributed by atoms with Gasteiger partial charge in [-0.15, -0.1) is 0 Å². The van der Waals surface area contributed by atoms with E-state index < -0.39 is 0 Å². The van der Waals surface area contributed by atoms with Gasteiger partial charge in [0.2, 0.25) is 11.9 Å². The third kappa shape index (κ3) is 3.88. The Balaban J connectivity index is 1.70. The minimum absolute atomic E-state index is 0.143. The molecule has 1 amide bonds. The molecule has 6 heteroatoms. The number of anilines is 2. The first-order valence-electron chi connectivity index (χ1n) is 8.32. The number of amides is 1. The van der Waals surface area contributed by atoms with Crippen molar-refractivity contribution in [2.24, 2.45) is 0 Å². The van der Waals surface area contributed by atoms with Crippen molar-refractivity contribution < 1.29 is 4.79 Å². The van der Waals surface area contributed by atoms with Gasteiger partial charge in [0.1, 0.15) is 0 Å². The molecule has 126 valence electrons. The van der Waals surface area contributed by atoms with Crippen molar-refractivity contribution in [1.82, 2.24) is 19.9 Å². The number of rotatable bonds is 3. The van der Waals surface area contributed by atoms with Crippen molar-refractivity contribution in [3.8, 4) is 0 Å². The molecule has 1 fully saturated rings. The number of aromatic nitrogens is 3. The van der Waals surface area contributed by atoms with E-state index in [-0.39, 0.29) is 5.91 Å². The minimum Gasteiger partial charge on any atom is -0.342 e. The number of hydrogen-bond acceptors (Lipinski definition) is 5. The van der Waals surface area contributed by atoms with Crippen LogP contribution in [0.2, 0.25) is 0 Å². The highest BCUT2D eigenvalue weighted by Gasteiger charge is 2.23. The van der Waals surface area contributed by atoms with E-state index in [2.05, 4.69) is 20.3 Å². The number of hydrogen-bond donors (Lipinski definition) is 1. The lowest BCUT2D eigenvalue weighted by molar-refractivity contribution is -0.130. The Hall–Kier alpha value is -2.50. The van der Waals surface area contributed by atoms with Gasteiger partial charge in [0.15, 0.2) is 0 Å². The molecular weight excluding hydrogens is 302 g/mol. The van der Waals surface area contributed by atoms with Crippen LogP contribution in [-0.2, 0) is 4.79 Å². The monoisotopic (exact) mass is 325 g/mol. The van der Waals surface area contributed by atoms with E-state index in [1.54, 1.807) is 6.92 Å². The largest absolute Gasteiger partial charge is 0.342 e. The molecule has 3 rings (SSSR count). The molecule has 0 bridgehead atoms. The van der Waals surface area contributed by atoms with Crippen molar-refractivity contribution in [3.05, 3.63) is 41.5 Å². The van der Waals surface area contributed by atoms with Gasteiger partial charge in [-0.3, -0.25) is 9.78 Å². The van der Waals surface area contributed by atoms with Gasteiger partial charge in [0.05, 0.1) is 11.9 Å². The highest BCUT2D eigenvalue weighted by molar-refractivity contribution is 5.73. The summed E-state index contributed by atoms with van der Waals surface area (Å²) in [6, 6.07) is 5.96.